The molecule has 0 aliphatic heterocycles. The van der Waals surface area contributed by atoms with Gasteiger partial charge in [0.2, 0.25) is 0 Å². The van der Waals surface area contributed by atoms with Crippen LogP contribution in [0.4, 0.5) is 10.5 Å². The Labute approximate surface area is 118 Å². The number of nitrogens with zero attached hydrogens (tertiary/aromatic N) is 1. The molecule has 0 unspecified atom stereocenters. The molecular formula is C14H20N2O4. The monoisotopic (exact) mass is 280 g/mol. The molecule has 0 heterocycles. The van der Waals surface area contributed by atoms with Gasteiger partial charge in [0.15, 0.2) is 0 Å². The summed E-state index contributed by atoms with van der Waals surface area (Å²) in [7, 11) is 1.39. The van der Waals surface area contributed by atoms with Crippen molar-refractivity contribution >= 4 is 17.7 Å². The Morgan fingerprint density at radius 2 is 2.05 bits per heavy atom. The molecule has 2 amide bonds. The number of rotatable bonds is 5. The van der Waals surface area contributed by atoms with Crippen LogP contribution in [0.2, 0.25) is 0 Å². The fourth-order valence-corrected chi connectivity index (χ4v) is 1.88. The summed E-state index contributed by atoms with van der Waals surface area (Å²) >= 11 is 0. The van der Waals surface area contributed by atoms with E-state index in [4.69, 9.17) is 9.84 Å². The zero-order chi connectivity index (χ0) is 15.3. The molecule has 0 aliphatic carbocycles. The fourth-order valence-electron chi connectivity index (χ4n) is 1.88. The third-order valence-corrected chi connectivity index (χ3v) is 2.91. The van der Waals surface area contributed by atoms with Crippen molar-refractivity contribution in [3.05, 3.63) is 23.8 Å². The summed E-state index contributed by atoms with van der Waals surface area (Å²) < 4.78 is 5.02. The number of aromatic carboxylic acids is 1. The summed E-state index contributed by atoms with van der Waals surface area (Å²) in [6.45, 7) is 6.34. The second-order valence-corrected chi connectivity index (χ2v) is 4.53. The highest BCUT2D eigenvalue weighted by Gasteiger charge is 2.16. The molecule has 0 fully saturated rings. The second-order valence-electron chi connectivity index (χ2n) is 4.53. The fraction of sp³-hybridized carbons (Fsp3) is 0.429. The largest absolute Gasteiger partial charge is 0.496 e. The van der Waals surface area contributed by atoms with Crippen LogP contribution >= 0.6 is 0 Å². The minimum atomic E-state index is -1.07. The van der Waals surface area contributed by atoms with Crippen LogP contribution in [0.5, 0.6) is 5.75 Å². The van der Waals surface area contributed by atoms with Crippen LogP contribution < -0.4 is 10.1 Å². The predicted molar refractivity (Wildman–Crippen MR) is 76.5 cm³/mol. The van der Waals surface area contributed by atoms with E-state index in [9.17, 15) is 9.59 Å². The molecule has 6 nitrogen and oxygen atoms in total. The summed E-state index contributed by atoms with van der Waals surface area (Å²) in [6, 6.07) is 4.29. The molecule has 0 saturated heterocycles. The first kappa shape index (κ1) is 15.8. The molecule has 110 valence electrons. The molecule has 1 aromatic rings. The summed E-state index contributed by atoms with van der Waals surface area (Å²) in [5.41, 5.74) is 0.553. The highest BCUT2D eigenvalue weighted by molar-refractivity contribution is 5.94. The van der Waals surface area contributed by atoms with Gasteiger partial charge in [-0.2, -0.15) is 0 Å². The van der Waals surface area contributed by atoms with Crippen LogP contribution in [0, 0.1) is 0 Å². The van der Waals surface area contributed by atoms with Crippen molar-refractivity contribution in [1.29, 1.82) is 0 Å². The maximum absolute atomic E-state index is 12.1. The van der Waals surface area contributed by atoms with Crippen LogP contribution in [-0.2, 0) is 0 Å². The maximum atomic E-state index is 12.1. The van der Waals surface area contributed by atoms with Crippen molar-refractivity contribution in [2.45, 2.75) is 26.8 Å². The quantitative estimate of drug-likeness (QED) is 0.869. The topological polar surface area (TPSA) is 78.9 Å². The highest BCUT2D eigenvalue weighted by atomic mass is 16.5. The third kappa shape index (κ3) is 3.63. The number of carbonyl (C=O) groups is 2. The lowest BCUT2D eigenvalue weighted by atomic mass is 10.2. The Morgan fingerprint density at radius 3 is 2.50 bits per heavy atom. The number of carboxylic acid groups (broad SMARTS) is 1. The van der Waals surface area contributed by atoms with Crippen LogP contribution in [0.1, 0.15) is 31.1 Å². The number of hydrogen-bond acceptors (Lipinski definition) is 3. The van der Waals surface area contributed by atoms with Crippen molar-refractivity contribution in [3.8, 4) is 5.75 Å². The van der Waals surface area contributed by atoms with Crippen LogP contribution in [0.25, 0.3) is 0 Å². The molecule has 1 rings (SSSR count). The standard InChI is InChI=1S/C14H20N2O4/c1-5-16(9(2)3)14(19)15-10-6-7-11(13(17)18)12(8-10)20-4/h6-9H,5H2,1-4H3,(H,15,19)(H,17,18). The van der Waals surface area contributed by atoms with E-state index in [0.29, 0.717) is 12.2 Å². The van der Waals surface area contributed by atoms with Crippen molar-refractivity contribution in [2.75, 3.05) is 19.0 Å². The van der Waals surface area contributed by atoms with E-state index < -0.39 is 5.97 Å². The lowest BCUT2D eigenvalue weighted by Crippen LogP contribution is -2.39. The molecule has 0 spiro atoms. The lowest BCUT2D eigenvalue weighted by molar-refractivity contribution is 0.0693. The predicted octanol–water partition coefficient (Wildman–Crippen LogP) is 2.66. The molecule has 0 atom stereocenters. The number of urea groups is 1. The number of carbonyl (C=O) groups excluding carboxylic acids is 1. The number of amides is 2. The molecule has 0 aliphatic rings. The molecule has 6 heteroatoms. The Hall–Kier alpha value is -2.24. The van der Waals surface area contributed by atoms with Gasteiger partial charge in [0.1, 0.15) is 11.3 Å². The first-order chi connectivity index (χ1) is 9.40. The van der Waals surface area contributed by atoms with Gasteiger partial charge in [-0.05, 0) is 32.9 Å². The van der Waals surface area contributed by atoms with Gasteiger partial charge < -0.3 is 20.1 Å². The van der Waals surface area contributed by atoms with Gasteiger partial charge in [0.05, 0.1) is 7.11 Å². The Bertz CT molecular complexity index is 500. The first-order valence-electron chi connectivity index (χ1n) is 6.39. The zero-order valence-corrected chi connectivity index (χ0v) is 12.1. The van der Waals surface area contributed by atoms with Crippen molar-refractivity contribution in [1.82, 2.24) is 4.90 Å². The molecule has 0 saturated carbocycles. The van der Waals surface area contributed by atoms with Crippen LogP contribution in [0.3, 0.4) is 0 Å². The smallest absolute Gasteiger partial charge is 0.339 e. The van der Waals surface area contributed by atoms with E-state index in [1.165, 1.54) is 25.3 Å². The second kappa shape index (κ2) is 6.79. The zero-order valence-electron chi connectivity index (χ0n) is 12.1. The molecule has 20 heavy (non-hydrogen) atoms. The van der Waals surface area contributed by atoms with E-state index in [-0.39, 0.29) is 23.4 Å². The number of benzene rings is 1. The SMILES string of the molecule is CCN(C(=O)Nc1ccc(C(=O)O)c(OC)c1)C(C)C. The van der Waals surface area contributed by atoms with Gasteiger partial charge in [-0.15, -0.1) is 0 Å². The summed E-state index contributed by atoms with van der Waals surface area (Å²) in [4.78, 5) is 24.7. The molecule has 0 radical (unpaired) electrons. The Morgan fingerprint density at radius 1 is 1.40 bits per heavy atom. The van der Waals surface area contributed by atoms with Gasteiger partial charge in [-0.25, -0.2) is 9.59 Å². The Balaban J connectivity index is 2.93. The average Bonchev–Trinajstić information content (AvgIpc) is 2.38. The van der Waals surface area contributed by atoms with Gasteiger partial charge in [0.25, 0.3) is 0 Å². The molecule has 0 bridgehead atoms. The van der Waals surface area contributed by atoms with Gasteiger partial charge in [-0.3, -0.25) is 0 Å². The number of hydrogen-bond donors (Lipinski definition) is 2. The minimum Gasteiger partial charge on any atom is -0.496 e. The van der Waals surface area contributed by atoms with E-state index in [1.807, 2.05) is 20.8 Å². The Kier molecular flexibility index (Phi) is 5.37. The molecular weight excluding hydrogens is 260 g/mol. The molecule has 2 N–H and O–H groups in total. The maximum Gasteiger partial charge on any atom is 0.339 e. The van der Waals surface area contributed by atoms with Crippen molar-refractivity contribution in [2.24, 2.45) is 0 Å². The van der Waals surface area contributed by atoms with Crippen molar-refractivity contribution < 1.29 is 19.4 Å². The van der Waals surface area contributed by atoms with Gasteiger partial charge >= 0.3 is 12.0 Å². The van der Waals surface area contributed by atoms with Crippen molar-refractivity contribution in [3.63, 3.8) is 0 Å². The van der Waals surface area contributed by atoms with Crippen LogP contribution in [0.15, 0.2) is 18.2 Å². The van der Waals surface area contributed by atoms with Crippen LogP contribution in [-0.4, -0.2) is 41.7 Å². The number of ether oxygens (including phenoxy) is 1. The average molecular weight is 280 g/mol. The third-order valence-electron chi connectivity index (χ3n) is 2.91. The summed E-state index contributed by atoms with van der Waals surface area (Å²) in [6.07, 6.45) is 0. The number of nitrogens with one attached hydrogen (secondary N) is 1. The van der Waals surface area contributed by atoms with E-state index in [1.54, 1.807) is 4.90 Å². The summed E-state index contributed by atoms with van der Waals surface area (Å²) in [5, 5.41) is 11.7. The number of carboxylic acids is 1. The van der Waals surface area contributed by atoms with E-state index >= 15 is 0 Å². The molecule has 1 aromatic carbocycles. The van der Waals surface area contributed by atoms with Gasteiger partial charge in [0, 0.05) is 24.3 Å². The first-order valence-corrected chi connectivity index (χ1v) is 6.39. The van der Waals surface area contributed by atoms with E-state index in [2.05, 4.69) is 5.32 Å². The highest BCUT2D eigenvalue weighted by Crippen LogP contribution is 2.23. The van der Waals surface area contributed by atoms with Gasteiger partial charge in [-0.1, -0.05) is 0 Å². The minimum absolute atomic E-state index is 0.0571. The number of anilines is 1. The lowest BCUT2D eigenvalue weighted by Gasteiger charge is -2.25. The summed E-state index contributed by atoms with van der Waals surface area (Å²) in [5.74, 6) is -0.861. The molecule has 0 aromatic heterocycles. The number of methoxy groups -OCH3 is 1. The van der Waals surface area contributed by atoms with E-state index in [0.717, 1.165) is 0 Å². The normalized spacial score (nSPS) is 10.2.